The summed E-state index contributed by atoms with van der Waals surface area (Å²) in [6.45, 7) is 3.14. The van der Waals surface area contributed by atoms with Gasteiger partial charge in [-0.15, -0.1) is 16.9 Å². The Balaban J connectivity index is 1.57. The van der Waals surface area contributed by atoms with Gasteiger partial charge in [0.15, 0.2) is 0 Å². The van der Waals surface area contributed by atoms with Crippen molar-refractivity contribution in [2.24, 2.45) is 0 Å². The molecular weight excluding hydrogens is 276 g/mol. The molecule has 1 aromatic heterocycles. The quantitative estimate of drug-likeness (QED) is 0.529. The van der Waals surface area contributed by atoms with E-state index in [1.165, 1.54) is 0 Å². The van der Waals surface area contributed by atoms with Gasteiger partial charge in [0.05, 0.1) is 12.7 Å². The average molecular weight is 298 g/mol. The van der Waals surface area contributed by atoms with Crippen LogP contribution in [0.1, 0.15) is 6.42 Å². The molecule has 0 aromatic carbocycles. The van der Waals surface area contributed by atoms with Gasteiger partial charge >= 0.3 is 0 Å². The number of amides is 1. The number of hydrogen-bond acceptors (Lipinski definition) is 6. The van der Waals surface area contributed by atoms with E-state index in [0.717, 1.165) is 30.3 Å². The highest BCUT2D eigenvalue weighted by molar-refractivity contribution is 7.99. The van der Waals surface area contributed by atoms with Gasteiger partial charge in [-0.2, -0.15) is 10.3 Å². The van der Waals surface area contributed by atoms with Crippen LogP contribution in [0.2, 0.25) is 0 Å². The number of likely N-dealkylation sites (N-methyl/N-ethyl adjacent to an activating group) is 1. The number of thioether (sulfide) groups is 1. The second-order valence-electron chi connectivity index (χ2n) is 5.15. The highest BCUT2D eigenvalue weighted by atomic mass is 32.2. The van der Waals surface area contributed by atoms with Crippen molar-refractivity contribution in [3.8, 4) is 0 Å². The monoisotopic (exact) mass is 298 g/mol. The minimum absolute atomic E-state index is 0.102. The molecule has 2 N–H and O–H groups in total. The number of nitrogens with zero attached hydrogens (tertiary/aromatic N) is 4. The second-order valence-corrected chi connectivity index (χ2v) is 6.26. The molecule has 112 valence electrons. The number of rotatable bonds is 7. The number of H-pyrrole nitrogens is 1. The molecule has 1 atom stereocenters. The topological polar surface area (TPSA) is 77.1 Å². The molecule has 1 saturated heterocycles. The fourth-order valence-electron chi connectivity index (χ4n) is 2.24. The number of likely N-dealkylation sites (tertiary alicyclic amines) is 1. The van der Waals surface area contributed by atoms with Gasteiger partial charge in [-0.3, -0.25) is 9.69 Å². The third kappa shape index (κ3) is 4.77. The van der Waals surface area contributed by atoms with Crippen LogP contribution in [0.5, 0.6) is 0 Å². The Kier molecular flexibility index (Phi) is 5.81. The predicted molar refractivity (Wildman–Crippen MR) is 78.6 cm³/mol. The Bertz CT molecular complexity index is 410. The molecule has 1 aliphatic heterocycles. The van der Waals surface area contributed by atoms with Gasteiger partial charge in [-0.1, -0.05) is 0 Å². The predicted octanol–water partition coefficient (Wildman–Crippen LogP) is -0.351. The summed E-state index contributed by atoms with van der Waals surface area (Å²) < 4.78 is 0. The Hall–Kier alpha value is -1.12. The van der Waals surface area contributed by atoms with Crippen molar-refractivity contribution in [1.29, 1.82) is 0 Å². The van der Waals surface area contributed by atoms with Crippen LogP contribution >= 0.6 is 11.8 Å². The Morgan fingerprint density at radius 1 is 1.65 bits per heavy atom. The van der Waals surface area contributed by atoms with Gasteiger partial charge in [-0.25, -0.2) is 0 Å². The van der Waals surface area contributed by atoms with Crippen molar-refractivity contribution in [3.63, 3.8) is 0 Å². The summed E-state index contributed by atoms with van der Waals surface area (Å²) in [5, 5.41) is 14.0. The Labute approximate surface area is 123 Å². The lowest BCUT2D eigenvalue weighted by Gasteiger charge is -2.20. The van der Waals surface area contributed by atoms with E-state index < -0.39 is 0 Å². The maximum Gasteiger partial charge on any atom is 0.234 e. The molecule has 1 fully saturated rings. The lowest BCUT2D eigenvalue weighted by atomic mass is 10.2. The molecule has 0 aliphatic carbocycles. The van der Waals surface area contributed by atoms with Crippen LogP contribution in [-0.2, 0) is 4.79 Å². The minimum atomic E-state index is 0.102. The van der Waals surface area contributed by atoms with E-state index in [4.69, 9.17) is 0 Å². The maximum atomic E-state index is 11.8. The summed E-state index contributed by atoms with van der Waals surface area (Å²) in [4.78, 5) is 16.3. The van der Waals surface area contributed by atoms with Crippen LogP contribution in [0.15, 0.2) is 11.2 Å². The summed E-state index contributed by atoms with van der Waals surface area (Å²) >= 11 is 1.58. The van der Waals surface area contributed by atoms with Crippen LogP contribution in [0, 0.1) is 0 Å². The van der Waals surface area contributed by atoms with Crippen molar-refractivity contribution < 1.29 is 4.79 Å². The molecule has 20 heavy (non-hydrogen) atoms. The molecular formula is C12H22N6OS. The lowest BCUT2D eigenvalue weighted by molar-refractivity contribution is -0.121. The number of aromatic nitrogens is 3. The summed E-state index contributed by atoms with van der Waals surface area (Å²) in [7, 11) is 4.19. The average Bonchev–Trinajstić information content (AvgIpc) is 3.05. The van der Waals surface area contributed by atoms with E-state index >= 15 is 0 Å². The molecule has 1 aromatic rings. The van der Waals surface area contributed by atoms with E-state index in [0.29, 0.717) is 19.1 Å². The van der Waals surface area contributed by atoms with E-state index in [2.05, 4.69) is 44.6 Å². The summed E-state index contributed by atoms with van der Waals surface area (Å²) in [6.07, 6.45) is 2.82. The van der Waals surface area contributed by atoms with Crippen molar-refractivity contribution in [3.05, 3.63) is 6.20 Å². The van der Waals surface area contributed by atoms with Gasteiger partial charge in [-0.05, 0) is 20.5 Å². The van der Waals surface area contributed by atoms with Crippen LogP contribution in [0.4, 0.5) is 0 Å². The van der Waals surface area contributed by atoms with Crippen molar-refractivity contribution in [2.45, 2.75) is 17.5 Å². The standard InChI is InChI=1S/C12H22N6OS/c1-17(2)10-3-5-18(8-10)9-11(19)13-4-6-20-12-7-14-16-15-12/h7,10H,3-6,8-9H2,1-2H3,(H,13,19)(H,14,15,16)/t10-/m0/s1. The summed E-state index contributed by atoms with van der Waals surface area (Å²) in [5.74, 6) is 0.906. The van der Waals surface area contributed by atoms with Crippen molar-refractivity contribution in [2.75, 3.05) is 46.0 Å². The van der Waals surface area contributed by atoms with E-state index in [1.54, 1.807) is 18.0 Å². The van der Waals surface area contributed by atoms with E-state index in [1.807, 2.05) is 0 Å². The first kappa shape index (κ1) is 15.3. The maximum absolute atomic E-state index is 11.8. The first-order chi connectivity index (χ1) is 9.65. The molecule has 0 bridgehead atoms. The minimum Gasteiger partial charge on any atom is -0.354 e. The SMILES string of the molecule is CN(C)[C@H]1CCN(CC(=O)NCCSc2cn[nH]n2)C1. The first-order valence-corrected chi connectivity index (χ1v) is 7.78. The molecule has 0 spiro atoms. The van der Waals surface area contributed by atoms with Gasteiger partial charge in [0, 0.05) is 31.4 Å². The molecule has 7 nitrogen and oxygen atoms in total. The molecule has 0 radical (unpaired) electrons. The van der Waals surface area contributed by atoms with Gasteiger partial charge in [0.25, 0.3) is 0 Å². The number of aromatic amines is 1. The largest absolute Gasteiger partial charge is 0.354 e. The first-order valence-electron chi connectivity index (χ1n) is 6.79. The number of carbonyl (C=O) groups excluding carboxylic acids is 1. The van der Waals surface area contributed by atoms with Crippen LogP contribution in [-0.4, -0.2) is 83.2 Å². The third-order valence-electron chi connectivity index (χ3n) is 3.41. The third-order valence-corrected chi connectivity index (χ3v) is 4.31. The zero-order chi connectivity index (χ0) is 14.4. The van der Waals surface area contributed by atoms with E-state index in [-0.39, 0.29) is 5.91 Å². The van der Waals surface area contributed by atoms with Crippen LogP contribution in [0.3, 0.4) is 0 Å². The fourth-order valence-corrected chi connectivity index (χ4v) is 2.89. The highest BCUT2D eigenvalue weighted by Gasteiger charge is 2.24. The molecule has 2 rings (SSSR count). The second kappa shape index (κ2) is 7.61. The summed E-state index contributed by atoms with van der Waals surface area (Å²) in [5.41, 5.74) is 0. The molecule has 1 amide bonds. The normalized spacial score (nSPS) is 19.6. The smallest absolute Gasteiger partial charge is 0.234 e. The van der Waals surface area contributed by atoms with Gasteiger partial charge in [0.2, 0.25) is 5.91 Å². The number of hydrogen-bond donors (Lipinski definition) is 2. The molecule has 0 saturated carbocycles. The van der Waals surface area contributed by atoms with Gasteiger partial charge in [0.1, 0.15) is 5.03 Å². The zero-order valence-electron chi connectivity index (χ0n) is 12.0. The zero-order valence-corrected chi connectivity index (χ0v) is 12.8. The van der Waals surface area contributed by atoms with Crippen LogP contribution in [0.25, 0.3) is 0 Å². The Morgan fingerprint density at radius 3 is 3.15 bits per heavy atom. The molecule has 8 heteroatoms. The van der Waals surface area contributed by atoms with Crippen molar-refractivity contribution >= 4 is 17.7 Å². The molecule has 1 aliphatic rings. The molecule has 0 unspecified atom stereocenters. The van der Waals surface area contributed by atoms with Crippen LogP contribution < -0.4 is 5.32 Å². The Morgan fingerprint density at radius 2 is 2.50 bits per heavy atom. The number of carbonyl (C=O) groups is 1. The highest BCUT2D eigenvalue weighted by Crippen LogP contribution is 2.13. The van der Waals surface area contributed by atoms with E-state index in [9.17, 15) is 4.79 Å². The fraction of sp³-hybridized carbons (Fsp3) is 0.750. The lowest BCUT2D eigenvalue weighted by Crippen LogP contribution is -2.38. The van der Waals surface area contributed by atoms with Gasteiger partial charge < -0.3 is 10.2 Å². The number of nitrogens with one attached hydrogen (secondary N) is 2. The summed E-state index contributed by atoms with van der Waals surface area (Å²) in [6, 6.07) is 0.575. The van der Waals surface area contributed by atoms with Crippen molar-refractivity contribution in [1.82, 2.24) is 30.5 Å². The molecule has 2 heterocycles.